The normalized spacial score (nSPS) is 10.8. The molecular formula is C10H10BrN3O2. The summed E-state index contributed by atoms with van der Waals surface area (Å²) in [6.07, 6.45) is 0. The fourth-order valence-electron chi connectivity index (χ4n) is 1.52. The summed E-state index contributed by atoms with van der Waals surface area (Å²) < 4.78 is 7.11. The van der Waals surface area contributed by atoms with Crippen molar-refractivity contribution >= 4 is 27.0 Å². The Bertz CT molecular complexity index is 621. The summed E-state index contributed by atoms with van der Waals surface area (Å²) in [5.74, 6) is 1.04. The van der Waals surface area contributed by atoms with E-state index in [-0.39, 0.29) is 5.56 Å². The number of ether oxygens (including phenoxy) is 1. The zero-order valence-corrected chi connectivity index (χ0v) is 10.7. The van der Waals surface area contributed by atoms with Gasteiger partial charge in [-0.2, -0.15) is 4.98 Å². The van der Waals surface area contributed by atoms with Crippen LogP contribution >= 0.6 is 15.9 Å². The van der Waals surface area contributed by atoms with E-state index in [4.69, 9.17) is 4.74 Å². The molecule has 0 radical (unpaired) electrons. The maximum atomic E-state index is 11.7. The number of methoxy groups -OCH3 is 1. The van der Waals surface area contributed by atoms with Crippen molar-refractivity contribution in [2.24, 2.45) is 7.05 Å². The van der Waals surface area contributed by atoms with E-state index in [0.29, 0.717) is 27.2 Å². The molecule has 0 unspecified atom stereocenters. The molecule has 2 heterocycles. The number of hydrogen-bond donors (Lipinski definition) is 0. The lowest BCUT2D eigenvalue weighted by molar-refractivity contribution is 0.401. The highest BCUT2D eigenvalue weighted by Crippen LogP contribution is 2.22. The quantitative estimate of drug-likeness (QED) is 0.794. The van der Waals surface area contributed by atoms with Gasteiger partial charge in [0.15, 0.2) is 0 Å². The van der Waals surface area contributed by atoms with Crippen LogP contribution in [0, 0.1) is 6.92 Å². The smallest absolute Gasteiger partial charge is 0.266 e. The number of pyridine rings is 1. The summed E-state index contributed by atoms with van der Waals surface area (Å²) in [6.45, 7) is 1.76. The van der Waals surface area contributed by atoms with Gasteiger partial charge in [-0.05, 0) is 28.9 Å². The van der Waals surface area contributed by atoms with Gasteiger partial charge in [0.2, 0.25) is 5.88 Å². The van der Waals surface area contributed by atoms with E-state index in [1.165, 1.54) is 4.57 Å². The molecule has 0 aliphatic heterocycles. The minimum absolute atomic E-state index is 0.132. The van der Waals surface area contributed by atoms with Gasteiger partial charge in [0.1, 0.15) is 11.5 Å². The maximum Gasteiger partial charge on any atom is 0.266 e. The van der Waals surface area contributed by atoms with Crippen molar-refractivity contribution < 1.29 is 4.74 Å². The zero-order chi connectivity index (χ0) is 11.9. The molecule has 5 nitrogen and oxygen atoms in total. The predicted molar refractivity (Wildman–Crippen MR) is 63.8 cm³/mol. The third kappa shape index (κ3) is 1.59. The van der Waals surface area contributed by atoms with Crippen LogP contribution in [0.3, 0.4) is 0 Å². The minimum Gasteiger partial charge on any atom is -0.480 e. The van der Waals surface area contributed by atoms with Crippen molar-refractivity contribution in [2.75, 3.05) is 7.11 Å². The van der Waals surface area contributed by atoms with E-state index in [2.05, 4.69) is 25.9 Å². The van der Waals surface area contributed by atoms with Crippen LogP contribution in [-0.4, -0.2) is 21.6 Å². The molecule has 0 fully saturated rings. The lowest BCUT2D eigenvalue weighted by atomic mass is 10.3. The Hall–Kier alpha value is -1.43. The van der Waals surface area contributed by atoms with E-state index in [9.17, 15) is 4.79 Å². The molecule has 0 amide bonds. The molecule has 0 N–H and O–H groups in total. The third-order valence-corrected chi connectivity index (χ3v) is 2.86. The number of hydrogen-bond acceptors (Lipinski definition) is 4. The van der Waals surface area contributed by atoms with Crippen LogP contribution < -0.4 is 10.3 Å². The van der Waals surface area contributed by atoms with Gasteiger partial charge in [-0.25, -0.2) is 4.98 Å². The highest BCUT2D eigenvalue weighted by atomic mass is 79.9. The van der Waals surface area contributed by atoms with Crippen molar-refractivity contribution in [3.8, 4) is 5.88 Å². The Balaban J connectivity index is 3.00. The number of halogens is 1. The summed E-state index contributed by atoms with van der Waals surface area (Å²) in [5, 5.41) is 0.710. The van der Waals surface area contributed by atoms with Gasteiger partial charge >= 0.3 is 0 Å². The molecule has 16 heavy (non-hydrogen) atoms. The van der Waals surface area contributed by atoms with Crippen LogP contribution in [0.2, 0.25) is 0 Å². The average molecular weight is 284 g/mol. The molecule has 0 aromatic carbocycles. The summed E-state index contributed by atoms with van der Waals surface area (Å²) in [6, 6.07) is 1.68. The molecule has 0 spiro atoms. The first kappa shape index (κ1) is 11.1. The van der Waals surface area contributed by atoms with Gasteiger partial charge in [0.25, 0.3) is 5.56 Å². The van der Waals surface area contributed by atoms with E-state index < -0.39 is 0 Å². The van der Waals surface area contributed by atoms with Gasteiger partial charge in [-0.1, -0.05) is 0 Å². The first-order valence-electron chi connectivity index (χ1n) is 4.62. The topological polar surface area (TPSA) is 57.0 Å². The van der Waals surface area contributed by atoms with Gasteiger partial charge in [0, 0.05) is 7.05 Å². The Morgan fingerprint density at radius 1 is 1.44 bits per heavy atom. The Morgan fingerprint density at radius 3 is 2.75 bits per heavy atom. The van der Waals surface area contributed by atoms with E-state index in [1.807, 2.05) is 0 Å². The van der Waals surface area contributed by atoms with Crippen molar-refractivity contribution in [2.45, 2.75) is 6.92 Å². The second kappa shape index (κ2) is 3.86. The van der Waals surface area contributed by atoms with Crippen LogP contribution in [0.4, 0.5) is 0 Å². The van der Waals surface area contributed by atoms with Crippen LogP contribution in [-0.2, 0) is 7.05 Å². The molecule has 0 atom stereocenters. The van der Waals surface area contributed by atoms with E-state index in [0.717, 1.165) is 0 Å². The molecule has 0 aliphatic carbocycles. The van der Waals surface area contributed by atoms with Crippen molar-refractivity contribution in [3.63, 3.8) is 0 Å². The fourth-order valence-corrected chi connectivity index (χ4v) is 2.02. The van der Waals surface area contributed by atoms with Crippen LogP contribution in [0.1, 0.15) is 5.82 Å². The number of fused-ring (bicyclic) bond motifs is 1. The SMILES string of the molecule is COc1nc(C)nc2c1cc(Br)c(=O)n2C. The summed E-state index contributed by atoms with van der Waals surface area (Å²) in [7, 11) is 3.21. The Morgan fingerprint density at radius 2 is 2.12 bits per heavy atom. The molecule has 2 aromatic rings. The molecule has 0 saturated heterocycles. The van der Waals surface area contributed by atoms with Crippen molar-refractivity contribution in [1.82, 2.24) is 14.5 Å². The summed E-state index contributed by atoms with van der Waals surface area (Å²) >= 11 is 3.20. The highest BCUT2D eigenvalue weighted by Gasteiger charge is 2.11. The molecule has 6 heteroatoms. The maximum absolute atomic E-state index is 11.7. The summed E-state index contributed by atoms with van der Waals surface area (Å²) in [5.41, 5.74) is 0.435. The monoisotopic (exact) mass is 283 g/mol. The fraction of sp³-hybridized carbons (Fsp3) is 0.300. The van der Waals surface area contributed by atoms with Gasteiger partial charge in [0.05, 0.1) is 17.0 Å². The average Bonchev–Trinajstić information content (AvgIpc) is 2.26. The molecule has 2 rings (SSSR count). The van der Waals surface area contributed by atoms with Crippen LogP contribution in [0.25, 0.3) is 11.0 Å². The van der Waals surface area contributed by atoms with Crippen LogP contribution in [0.15, 0.2) is 15.3 Å². The molecule has 0 aliphatic rings. The molecule has 84 valence electrons. The summed E-state index contributed by atoms with van der Waals surface area (Å²) in [4.78, 5) is 20.1. The van der Waals surface area contributed by atoms with E-state index in [1.54, 1.807) is 27.1 Å². The van der Waals surface area contributed by atoms with Crippen molar-refractivity contribution in [1.29, 1.82) is 0 Å². The first-order chi connectivity index (χ1) is 7.54. The lowest BCUT2D eigenvalue weighted by Crippen LogP contribution is -2.19. The van der Waals surface area contributed by atoms with Crippen LogP contribution in [0.5, 0.6) is 5.88 Å². The van der Waals surface area contributed by atoms with Gasteiger partial charge < -0.3 is 4.74 Å². The molecular weight excluding hydrogens is 274 g/mol. The Labute approximate surface area is 100 Å². The molecule has 2 aromatic heterocycles. The molecule has 0 bridgehead atoms. The second-order valence-electron chi connectivity index (χ2n) is 3.37. The number of aromatic nitrogens is 3. The Kier molecular flexibility index (Phi) is 2.67. The number of rotatable bonds is 1. The number of nitrogens with zero attached hydrogens (tertiary/aromatic N) is 3. The van der Waals surface area contributed by atoms with Gasteiger partial charge in [-0.3, -0.25) is 9.36 Å². The second-order valence-corrected chi connectivity index (χ2v) is 4.23. The number of aryl methyl sites for hydroxylation is 2. The largest absolute Gasteiger partial charge is 0.480 e. The van der Waals surface area contributed by atoms with E-state index >= 15 is 0 Å². The zero-order valence-electron chi connectivity index (χ0n) is 9.11. The molecule has 0 saturated carbocycles. The lowest BCUT2D eigenvalue weighted by Gasteiger charge is -2.08. The van der Waals surface area contributed by atoms with Gasteiger partial charge in [-0.15, -0.1) is 0 Å². The predicted octanol–water partition coefficient (Wildman–Crippen LogP) is 1.41. The van der Waals surface area contributed by atoms with Crippen molar-refractivity contribution in [3.05, 3.63) is 26.7 Å². The standard InChI is InChI=1S/C10H10BrN3O2/c1-5-12-8-6(9(13-5)16-3)4-7(11)10(15)14(8)2/h4H,1-3H3. The minimum atomic E-state index is -0.132. The third-order valence-electron chi connectivity index (χ3n) is 2.29. The first-order valence-corrected chi connectivity index (χ1v) is 5.41. The highest BCUT2D eigenvalue weighted by molar-refractivity contribution is 9.10.